The number of hydrogen-bond donors (Lipinski definition) is 2. The number of halogens is 1. The summed E-state index contributed by atoms with van der Waals surface area (Å²) in [5.41, 5.74) is 6.49. The number of carbonyl (C=O) groups excluding carboxylic acids is 1. The van der Waals surface area contributed by atoms with E-state index in [1.807, 2.05) is 12.1 Å². The van der Waals surface area contributed by atoms with Crippen LogP contribution in [0.3, 0.4) is 0 Å². The third kappa shape index (κ3) is 3.51. The van der Waals surface area contributed by atoms with E-state index in [0.717, 1.165) is 18.4 Å². The number of benzene rings is 1. The minimum absolute atomic E-state index is 0.00978. The molecule has 0 unspecified atom stereocenters. The molecule has 0 aliphatic carbocycles. The molecule has 2 rings (SSSR count). The minimum atomic E-state index is -0.500. The molecule has 0 saturated carbocycles. The van der Waals surface area contributed by atoms with Crippen LogP contribution in [-0.4, -0.2) is 35.0 Å². The van der Waals surface area contributed by atoms with Gasteiger partial charge in [-0.3, -0.25) is 4.79 Å². The first-order chi connectivity index (χ1) is 9.49. The zero-order valence-electron chi connectivity index (χ0n) is 11.6. The van der Waals surface area contributed by atoms with Gasteiger partial charge in [0.1, 0.15) is 0 Å². The molecular weight excluding hydrogens is 276 g/mol. The van der Waals surface area contributed by atoms with Gasteiger partial charge < -0.3 is 15.7 Å². The maximum Gasteiger partial charge on any atom is 0.239 e. The summed E-state index contributed by atoms with van der Waals surface area (Å²) in [5, 5.41) is 11.1. The van der Waals surface area contributed by atoms with Crippen LogP contribution in [0.15, 0.2) is 24.3 Å². The average Bonchev–Trinajstić information content (AvgIpc) is 2.46. The van der Waals surface area contributed by atoms with Crippen molar-refractivity contribution in [3.63, 3.8) is 0 Å². The normalized spacial score (nSPS) is 19.7. The molecule has 1 fully saturated rings. The lowest BCUT2D eigenvalue weighted by Crippen LogP contribution is -2.46. The number of nitrogens with zero attached hydrogens (tertiary/aromatic N) is 1. The highest BCUT2D eigenvalue weighted by Gasteiger charge is 2.29. The molecule has 4 nitrogen and oxygen atoms in total. The molecule has 110 valence electrons. The van der Waals surface area contributed by atoms with Crippen LogP contribution in [0.5, 0.6) is 0 Å². The number of piperidine rings is 1. The second-order valence-electron chi connectivity index (χ2n) is 5.45. The molecule has 1 aliphatic heterocycles. The highest BCUT2D eigenvalue weighted by Crippen LogP contribution is 2.31. The van der Waals surface area contributed by atoms with Crippen molar-refractivity contribution in [2.24, 2.45) is 11.7 Å². The number of rotatable bonds is 3. The topological polar surface area (TPSA) is 66.6 Å². The van der Waals surface area contributed by atoms with E-state index in [1.165, 1.54) is 0 Å². The third-order valence-corrected chi connectivity index (χ3v) is 4.15. The highest BCUT2D eigenvalue weighted by molar-refractivity contribution is 6.30. The van der Waals surface area contributed by atoms with E-state index in [4.69, 9.17) is 17.3 Å². The van der Waals surface area contributed by atoms with E-state index in [2.05, 4.69) is 0 Å². The van der Waals surface area contributed by atoms with Crippen LogP contribution < -0.4 is 5.73 Å². The van der Waals surface area contributed by atoms with Crippen molar-refractivity contribution in [1.82, 2.24) is 4.90 Å². The predicted octanol–water partition coefficient (Wildman–Crippen LogP) is 1.96. The van der Waals surface area contributed by atoms with Crippen molar-refractivity contribution < 1.29 is 9.90 Å². The smallest absolute Gasteiger partial charge is 0.239 e. The van der Waals surface area contributed by atoms with Crippen molar-refractivity contribution in [3.05, 3.63) is 34.9 Å². The summed E-state index contributed by atoms with van der Waals surface area (Å²) >= 11 is 5.85. The number of hydrogen-bond acceptors (Lipinski definition) is 3. The third-order valence-electron chi connectivity index (χ3n) is 3.90. The number of nitrogens with two attached hydrogens (primary N) is 1. The van der Waals surface area contributed by atoms with Gasteiger partial charge in [0, 0.05) is 18.1 Å². The first-order valence-electron chi connectivity index (χ1n) is 6.97. The molecule has 1 aromatic rings. The second-order valence-corrected chi connectivity index (χ2v) is 5.88. The van der Waals surface area contributed by atoms with Gasteiger partial charge in [-0.25, -0.2) is 0 Å². The molecule has 5 heteroatoms. The SMILES string of the molecule is C[C@@H](N)C(=O)N1CCC([C@H](O)c2ccc(Cl)cc2)CC1. The molecule has 1 heterocycles. The first-order valence-corrected chi connectivity index (χ1v) is 7.34. The zero-order valence-corrected chi connectivity index (χ0v) is 12.4. The Balaban J connectivity index is 1.93. The Morgan fingerprint density at radius 1 is 1.35 bits per heavy atom. The Morgan fingerprint density at radius 2 is 1.90 bits per heavy atom. The highest BCUT2D eigenvalue weighted by atomic mass is 35.5. The monoisotopic (exact) mass is 296 g/mol. The van der Waals surface area contributed by atoms with Gasteiger partial charge in [0.2, 0.25) is 5.91 Å². The van der Waals surface area contributed by atoms with Crippen LogP contribution in [0.2, 0.25) is 5.02 Å². The maximum absolute atomic E-state index is 11.8. The molecule has 0 bridgehead atoms. The Labute approximate surface area is 124 Å². The van der Waals surface area contributed by atoms with Crippen LogP contribution in [0.25, 0.3) is 0 Å². The van der Waals surface area contributed by atoms with Crippen molar-refractivity contribution in [3.8, 4) is 0 Å². The summed E-state index contributed by atoms with van der Waals surface area (Å²) in [5.74, 6) is 0.165. The van der Waals surface area contributed by atoms with Gasteiger partial charge in [-0.05, 0) is 43.4 Å². The lowest BCUT2D eigenvalue weighted by atomic mass is 9.87. The van der Waals surface area contributed by atoms with E-state index in [-0.39, 0.29) is 11.8 Å². The van der Waals surface area contributed by atoms with Gasteiger partial charge in [-0.1, -0.05) is 23.7 Å². The Kier molecular flexibility index (Phi) is 5.02. The van der Waals surface area contributed by atoms with E-state index in [9.17, 15) is 9.90 Å². The summed E-state index contributed by atoms with van der Waals surface area (Å²) < 4.78 is 0. The van der Waals surface area contributed by atoms with Gasteiger partial charge in [0.05, 0.1) is 12.1 Å². The van der Waals surface area contributed by atoms with E-state index in [1.54, 1.807) is 24.0 Å². The van der Waals surface area contributed by atoms with Gasteiger partial charge in [0.25, 0.3) is 0 Å². The number of aliphatic hydroxyl groups is 1. The fraction of sp³-hybridized carbons (Fsp3) is 0.533. The fourth-order valence-electron chi connectivity index (χ4n) is 2.66. The molecule has 0 spiro atoms. The van der Waals surface area contributed by atoms with Crippen molar-refractivity contribution in [2.45, 2.75) is 31.9 Å². The van der Waals surface area contributed by atoms with Crippen LogP contribution in [0.4, 0.5) is 0 Å². The lowest BCUT2D eigenvalue weighted by Gasteiger charge is -2.35. The van der Waals surface area contributed by atoms with Crippen LogP contribution in [0.1, 0.15) is 31.4 Å². The summed E-state index contributed by atoms with van der Waals surface area (Å²) in [4.78, 5) is 13.6. The van der Waals surface area contributed by atoms with Crippen molar-refractivity contribution in [2.75, 3.05) is 13.1 Å². The number of carbonyl (C=O) groups is 1. The maximum atomic E-state index is 11.8. The summed E-state index contributed by atoms with van der Waals surface area (Å²) in [7, 11) is 0. The fourth-order valence-corrected chi connectivity index (χ4v) is 2.78. The molecule has 3 N–H and O–H groups in total. The van der Waals surface area contributed by atoms with E-state index in [0.29, 0.717) is 18.1 Å². The number of aliphatic hydroxyl groups excluding tert-OH is 1. The molecular formula is C15H21ClN2O2. The molecule has 1 aliphatic rings. The molecule has 2 atom stereocenters. The van der Waals surface area contributed by atoms with Crippen molar-refractivity contribution >= 4 is 17.5 Å². The van der Waals surface area contributed by atoms with Crippen LogP contribution in [-0.2, 0) is 4.79 Å². The zero-order chi connectivity index (χ0) is 14.7. The minimum Gasteiger partial charge on any atom is -0.388 e. The average molecular weight is 297 g/mol. The van der Waals surface area contributed by atoms with Gasteiger partial charge >= 0.3 is 0 Å². The number of amides is 1. The number of likely N-dealkylation sites (tertiary alicyclic amines) is 1. The van der Waals surface area contributed by atoms with Crippen molar-refractivity contribution in [1.29, 1.82) is 0 Å². The van der Waals surface area contributed by atoms with Gasteiger partial charge in [-0.15, -0.1) is 0 Å². The summed E-state index contributed by atoms with van der Waals surface area (Å²) in [6.07, 6.45) is 1.09. The Bertz CT molecular complexity index is 453. The Hall–Kier alpha value is -1.10. The van der Waals surface area contributed by atoms with E-state index < -0.39 is 12.1 Å². The van der Waals surface area contributed by atoms with Gasteiger partial charge in [0.15, 0.2) is 0 Å². The molecule has 20 heavy (non-hydrogen) atoms. The van der Waals surface area contributed by atoms with Crippen LogP contribution >= 0.6 is 11.6 Å². The summed E-state index contributed by atoms with van der Waals surface area (Å²) in [6.45, 7) is 3.03. The quantitative estimate of drug-likeness (QED) is 0.896. The van der Waals surface area contributed by atoms with Crippen LogP contribution in [0, 0.1) is 5.92 Å². The lowest BCUT2D eigenvalue weighted by molar-refractivity contribution is -0.134. The molecule has 1 saturated heterocycles. The van der Waals surface area contributed by atoms with E-state index >= 15 is 0 Å². The molecule has 1 amide bonds. The molecule has 1 aromatic carbocycles. The standard InChI is InChI=1S/C15H21ClN2O2/c1-10(17)15(20)18-8-6-12(7-9-18)14(19)11-2-4-13(16)5-3-11/h2-5,10,12,14,19H,6-9,17H2,1H3/t10-,14-/m1/s1. The van der Waals surface area contributed by atoms with Gasteiger partial charge in [-0.2, -0.15) is 0 Å². The molecule has 0 radical (unpaired) electrons. The predicted molar refractivity (Wildman–Crippen MR) is 79.4 cm³/mol. The second kappa shape index (κ2) is 6.57. The largest absolute Gasteiger partial charge is 0.388 e. The Morgan fingerprint density at radius 3 is 2.40 bits per heavy atom. The molecule has 0 aromatic heterocycles. The summed E-state index contributed by atoms with van der Waals surface area (Å²) in [6, 6.07) is 6.83. The first kappa shape index (κ1) is 15.3.